The lowest BCUT2D eigenvalue weighted by Crippen LogP contribution is -2.32. The van der Waals surface area contributed by atoms with E-state index in [9.17, 15) is 8.78 Å². The predicted molar refractivity (Wildman–Crippen MR) is 67.0 cm³/mol. The molecular formula is C14H21F2N. The van der Waals surface area contributed by atoms with Crippen molar-refractivity contribution in [2.24, 2.45) is 5.41 Å². The summed E-state index contributed by atoms with van der Waals surface area (Å²) in [5.74, 6) is -0.696. The third-order valence-electron chi connectivity index (χ3n) is 3.57. The molecule has 0 aromatic heterocycles. The standard InChI is InChI=1S/C14H21F2N/c1-6-14(3,4)13(17-5)10-8-11(15)9(2)7-12(10)16/h7-8,13,17H,6H2,1-5H3. The summed E-state index contributed by atoms with van der Waals surface area (Å²) in [4.78, 5) is 0. The minimum absolute atomic E-state index is 0.128. The molecule has 0 bridgehead atoms. The Balaban J connectivity index is 3.26. The van der Waals surface area contributed by atoms with E-state index in [1.54, 1.807) is 14.0 Å². The highest BCUT2D eigenvalue weighted by Crippen LogP contribution is 2.37. The molecule has 0 radical (unpaired) electrons. The Bertz CT molecular complexity index is 399. The highest BCUT2D eigenvalue weighted by Gasteiger charge is 2.30. The van der Waals surface area contributed by atoms with Gasteiger partial charge in [0.1, 0.15) is 11.6 Å². The van der Waals surface area contributed by atoms with Gasteiger partial charge in [0.25, 0.3) is 0 Å². The third-order valence-corrected chi connectivity index (χ3v) is 3.57. The van der Waals surface area contributed by atoms with Crippen LogP contribution < -0.4 is 5.32 Å². The smallest absolute Gasteiger partial charge is 0.128 e. The van der Waals surface area contributed by atoms with Gasteiger partial charge in [-0.15, -0.1) is 0 Å². The fourth-order valence-electron chi connectivity index (χ4n) is 2.05. The van der Waals surface area contributed by atoms with Gasteiger partial charge < -0.3 is 5.32 Å². The summed E-state index contributed by atoms with van der Waals surface area (Å²) in [6.45, 7) is 7.71. The summed E-state index contributed by atoms with van der Waals surface area (Å²) in [6.07, 6.45) is 0.882. The van der Waals surface area contributed by atoms with E-state index in [2.05, 4.69) is 5.32 Å². The van der Waals surface area contributed by atoms with E-state index >= 15 is 0 Å². The first kappa shape index (κ1) is 14.1. The van der Waals surface area contributed by atoms with Gasteiger partial charge >= 0.3 is 0 Å². The number of hydrogen-bond acceptors (Lipinski definition) is 1. The summed E-state index contributed by atoms with van der Waals surface area (Å²) in [7, 11) is 1.78. The second-order valence-corrected chi connectivity index (χ2v) is 5.19. The molecule has 96 valence electrons. The van der Waals surface area contributed by atoms with Gasteiger partial charge in [-0.05, 0) is 43.5 Å². The average Bonchev–Trinajstić information content (AvgIpc) is 2.26. The quantitative estimate of drug-likeness (QED) is 0.841. The van der Waals surface area contributed by atoms with Gasteiger partial charge in [0.15, 0.2) is 0 Å². The molecule has 3 heteroatoms. The summed E-state index contributed by atoms with van der Waals surface area (Å²) in [5, 5.41) is 3.09. The van der Waals surface area contributed by atoms with Gasteiger partial charge in [-0.3, -0.25) is 0 Å². The molecule has 0 spiro atoms. The van der Waals surface area contributed by atoms with Crippen molar-refractivity contribution < 1.29 is 8.78 Å². The van der Waals surface area contributed by atoms with Crippen LogP contribution in [0, 0.1) is 24.0 Å². The summed E-state index contributed by atoms with van der Waals surface area (Å²) in [6, 6.07) is 2.38. The van der Waals surface area contributed by atoms with Crippen molar-refractivity contribution in [1.82, 2.24) is 5.32 Å². The molecule has 0 amide bonds. The number of halogens is 2. The van der Waals surface area contributed by atoms with Crippen molar-refractivity contribution in [1.29, 1.82) is 0 Å². The lowest BCUT2D eigenvalue weighted by molar-refractivity contribution is 0.239. The summed E-state index contributed by atoms with van der Waals surface area (Å²) in [5.41, 5.74) is 0.620. The van der Waals surface area contributed by atoms with Crippen molar-refractivity contribution in [3.05, 3.63) is 34.9 Å². The molecule has 1 atom stereocenters. The Morgan fingerprint density at radius 2 is 1.82 bits per heavy atom. The molecule has 1 aromatic carbocycles. The Morgan fingerprint density at radius 1 is 1.24 bits per heavy atom. The Labute approximate surface area is 102 Å². The van der Waals surface area contributed by atoms with Crippen molar-refractivity contribution in [3.63, 3.8) is 0 Å². The second-order valence-electron chi connectivity index (χ2n) is 5.19. The molecule has 0 aliphatic carbocycles. The van der Waals surface area contributed by atoms with E-state index in [0.29, 0.717) is 11.1 Å². The van der Waals surface area contributed by atoms with Crippen LogP contribution in [0.15, 0.2) is 12.1 Å². The maximum Gasteiger partial charge on any atom is 0.128 e. The highest BCUT2D eigenvalue weighted by atomic mass is 19.1. The maximum atomic E-state index is 13.9. The molecular weight excluding hydrogens is 220 g/mol. The summed E-state index contributed by atoms with van der Waals surface area (Å²) >= 11 is 0. The minimum Gasteiger partial charge on any atom is -0.312 e. The van der Waals surface area contributed by atoms with E-state index in [4.69, 9.17) is 0 Å². The molecule has 0 saturated carbocycles. The van der Waals surface area contributed by atoms with E-state index < -0.39 is 0 Å². The molecule has 0 saturated heterocycles. The molecule has 1 nitrogen and oxygen atoms in total. The number of nitrogens with one attached hydrogen (secondary N) is 1. The largest absolute Gasteiger partial charge is 0.312 e. The van der Waals surface area contributed by atoms with Crippen LogP contribution in [0.3, 0.4) is 0 Å². The molecule has 1 aromatic rings. The van der Waals surface area contributed by atoms with Gasteiger partial charge in [-0.2, -0.15) is 0 Å². The Hall–Kier alpha value is -0.960. The van der Waals surface area contributed by atoms with Gasteiger partial charge in [0.05, 0.1) is 0 Å². The Morgan fingerprint density at radius 3 is 2.29 bits per heavy atom. The monoisotopic (exact) mass is 241 g/mol. The number of hydrogen-bond donors (Lipinski definition) is 1. The van der Waals surface area contributed by atoms with Crippen LogP contribution in [0.25, 0.3) is 0 Å². The zero-order chi connectivity index (χ0) is 13.2. The van der Waals surface area contributed by atoms with E-state index in [0.717, 1.165) is 6.42 Å². The van der Waals surface area contributed by atoms with Crippen molar-refractivity contribution in [3.8, 4) is 0 Å². The minimum atomic E-state index is -0.353. The predicted octanol–water partition coefficient (Wildman–Crippen LogP) is 3.97. The number of aryl methyl sites for hydroxylation is 1. The third kappa shape index (κ3) is 2.83. The first-order valence-electron chi connectivity index (χ1n) is 5.96. The molecule has 1 rings (SSSR count). The highest BCUT2D eigenvalue weighted by molar-refractivity contribution is 5.28. The zero-order valence-corrected chi connectivity index (χ0v) is 11.2. The van der Waals surface area contributed by atoms with Crippen molar-refractivity contribution in [2.75, 3.05) is 7.05 Å². The van der Waals surface area contributed by atoms with Crippen LogP contribution in [0.2, 0.25) is 0 Å². The number of rotatable bonds is 4. The fraction of sp³-hybridized carbons (Fsp3) is 0.571. The molecule has 0 heterocycles. The van der Waals surface area contributed by atoms with Crippen molar-refractivity contribution in [2.45, 2.75) is 40.2 Å². The summed E-state index contributed by atoms with van der Waals surface area (Å²) < 4.78 is 27.5. The van der Waals surface area contributed by atoms with Crippen LogP contribution in [0.1, 0.15) is 44.4 Å². The Kier molecular flexibility index (Phi) is 4.26. The first-order chi connectivity index (χ1) is 7.83. The SMILES string of the molecule is CCC(C)(C)C(NC)c1cc(F)c(C)cc1F. The average molecular weight is 241 g/mol. The molecule has 17 heavy (non-hydrogen) atoms. The van der Waals surface area contributed by atoms with Crippen LogP contribution >= 0.6 is 0 Å². The first-order valence-corrected chi connectivity index (χ1v) is 5.96. The molecule has 1 unspecified atom stereocenters. The van der Waals surface area contributed by atoms with Gasteiger partial charge in [0, 0.05) is 11.6 Å². The van der Waals surface area contributed by atoms with Gasteiger partial charge in [0.2, 0.25) is 0 Å². The van der Waals surface area contributed by atoms with E-state index in [1.165, 1.54) is 12.1 Å². The lowest BCUT2D eigenvalue weighted by atomic mass is 9.78. The van der Waals surface area contributed by atoms with Crippen LogP contribution in [0.5, 0.6) is 0 Å². The maximum absolute atomic E-state index is 13.9. The van der Waals surface area contributed by atoms with Crippen LogP contribution in [0.4, 0.5) is 8.78 Å². The van der Waals surface area contributed by atoms with E-state index in [-0.39, 0.29) is 23.1 Å². The second kappa shape index (κ2) is 5.13. The molecule has 0 aliphatic heterocycles. The van der Waals surface area contributed by atoms with Crippen LogP contribution in [-0.4, -0.2) is 7.05 Å². The fourth-order valence-corrected chi connectivity index (χ4v) is 2.05. The number of benzene rings is 1. The van der Waals surface area contributed by atoms with Crippen molar-refractivity contribution >= 4 is 0 Å². The normalized spacial score (nSPS) is 13.8. The molecule has 1 N–H and O–H groups in total. The van der Waals surface area contributed by atoms with Gasteiger partial charge in [-0.25, -0.2) is 8.78 Å². The molecule has 0 fully saturated rings. The lowest BCUT2D eigenvalue weighted by Gasteiger charge is -2.34. The van der Waals surface area contributed by atoms with E-state index in [1.807, 2.05) is 20.8 Å². The van der Waals surface area contributed by atoms with Crippen LogP contribution in [-0.2, 0) is 0 Å². The van der Waals surface area contributed by atoms with Gasteiger partial charge in [-0.1, -0.05) is 20.8 Å². The topological polar surface area (TPSA) is 12.0 Å². The zero-order valence-electron chi connectivity index (χ0n) is 11.2. The molecule has 0 aliphatic rings.